The maximum Gasteiger partial charge on any atom is 0.263 e. The van der Waals surface area contributed by atoms with Gasteiger partial charge in [0.2, 0.25) is 0 Å². The molecule has 1 amide bonds. The van der Waals surface area contributed by atoms with Gasteiger partial charge in [-0.05, 0) is 49.9 Å². The van der Waals surface area contributed by atoms with Gasteiger partial charge in [-0.3, -0.25) is 4.79 Å². The average molecular weight is 326 g/mol. The standard InChI is InChI=1S/C15H20BrNO2/c1-11-4-3-9-17(10-11)15(18)12(2)19-14-7-5-13(16)6-8-14/h5-8,11-12H,3-4,9-10H2,1-2H3. The third-order valence-electron chi connectivity index (χ3n) is 3.44. The molecule has 2 unspecified atom stereocenters. The van der Waals surface area contributed by atoms with Gasteiger partial charge in [0.15, 0.2) is 6.10 Å². The molecule has 1 aliphatic heterocycles. The maximum absolute atomic E-state index is 12.3. The largest absolute Gasteiger partial charge is 0.481 e. The minimum absolute atomic E-state index is 0.0921. The molecule has 1 fully saturated rings. The lowest BCUT2D eigenvalue weighted by atomic mass is 10.00. The van der Waals surface area contributed by atoms with Crippen molar-refractivity contribution in [1.82, 2.24) is 4.90 Å². The lowest BCUT2D eigenvalue weighted by molar-refractivity contribution is -0.139. The highest BCUT2D eigenvalue weighted by molar-refractivity contribution is 9.10. The fourth-order valence-electron chi connectivity index (χ4n) is 2.41. The van der Waals surface area contributed by atoms with Crippen molar-refractivity contribution >= 4 is 21.8 Å². The van der Waals surface area contributed by atoms with Crippen molar-refractivity contribution in [2.45, 2.75) is 32.8 Å². The van der Waals surface area contributed by atoms with E-state index in [0.717, 1.165) is 29.7 Å². The number of carbonyl (C=O) groups excluding carboxylic acids is 1. The van der Waals surface area contributed by atoms with E-state index in [0.29, 0.717) is 5.92 Å². The predicted octanol–water partition coefficient (Wildman–Crippen LogP) is 3.47. The molecular weight excluding hydrogens is 306 g/mol. The molecule has 0 aliphatic carbocycles. The van der Waals surface area contributed by atoms with Crippen LogP contribution in [-0.2, 0) is 4.79 Å². The molecule has 0 radical (unpaired) electrons. The molecule has 3 nitrogen and oxygen atoms in total. The highest BCUT2D eigenvalue weighted by atomic mass is 79.9. The molecule has 4 heteroatoms. The molecule has 1 aliphatic rings. The Morgan fingerprint density at radius 2 is 2.11 bits per heavy atom. The van der Waals surface area contributed by atoms with E-state index in [1.165, 1.54) is 6.42 Å². The van der Waals surface area contributed by atoms with Crippen LogP contribution in [0.15, 0.2) is 28.7 Å². The maximum atomic E-state index is 12.3. The van der Waals surface area contributed by atoms with Crippen LogP contribution in [0.2, 0.25) is 0 Å². The van der Waals surface area contributed by atoms with Crippen LogP contribution in [0, 0.1) is 5.92 Å². The van der Waals surface area contributed by atoms with Crippen molar-refractivity contribution in [3.63, 3.8) is 0 Å². The van der Waals surface area contributed by atoms with Gasteiger partial charge in [-0.2, -0.15) is 0 Å². The molecule has 0 saturated carbocycles. The lowest BCUT2D eigenvalue weighted by Crippen LogP contribution is -2.45. The van der Waals surface area contributed by atoms with E-state index in [2.05, 4.69) is 22.9 Å². The van der Waals surface area contributed by atoms with Crippen LogP contribution in [-0.4, -0.2) is 30.0 Å². The van der Waals surface area contributed by atoms with Crippen LogP contribution in [0.3, 0.4) is 0 Å². The van der Waals surface area contributed by atoms with Gasteiger partial charge >= 0.3 is 0 Å². The first-order chi connectivity index (χ1) is 9.06. The van der Waals surface area contributed by atoms with Crippen molar-refractivity contribution in [3.8, 4) is 5.75 Å². The quantitative estimate of drug-likeness (QED) is 0.851. The van der Waals surface area contributed by atoms with E-state index >= 15 is 0 Å². The van der Waals surface area contributed by atoms with E-state index in [-0.39, 0.29) is 5.91 Å². The summed E-state index contributed by atoms with van der Waals surface area (Å²) in [5.41, 5.74) is 0. The summed E-state index contributed by atoms with van der Waals surface area (Å²) in [7, 11) is 0. The SMILES string of the molecule is CC1CCCN(C(=O)C(C)Oc2ccc(Br)cc2)C1. The summed E-state index contributed by atoms with van der Waals surface area (Å²) in [6, 6.07) is 7.56. The Kier molecular flexibility index (Phi) is 4.86. The van der Waals surface area contributed by atoms with Crippen LogP contribution in [0.25, 0.3) is 0 Å². The normalized spacial score (nSPS) is 21.0. The first kappa shape index (κ1) is 14.4. The first-order valence-electron chi connectivity index (χ1n) is 6.77. The molecule has 1 aromatic rings. The molecule has 2 rings (SSSR count). The molecule has 0 bridgehead atoms. The van der Waals surface area contributed by atoms with E-state index < -0.39 is 6.10 Å². The highest BCUT2D eigenvalue weighted by Crippen LogP contribution is 2.20. The second-order valence-corrected chi connectivity index (χ2v) is 6.16. The van der Waals surface area contributed by atoms with Crippen molar-refractivity contribution < 1.29 is 9.53 Å². The number of amides is 1. The average Bonchev–Trinajstić information content (AvgIpc) is 2.40. The minimum atomic E-state index is -0.425. The van der Waals surface area contributed by atoms with E-state index in [1.807, 2.05) is 36.1 Å². The smallest absolute Gasteiger partial charge is 0.263 e. The van der Waals surface area contributed by atoms with Crippen molar-refractivity contribution in [1.29, 1.82) is 0 Å². The number of halogens is 1. The number of piperidine rings is 1. The number of rotatable bonds is 3. The molecule has 0 aromatic heterocycles. The number of likely N-dealkylation sites (tertiary alicyclic amines) is 1. The molecule has 104 valence electrons. The molecule has 1 saturated heterocycles. The number of nitrogens with zero attached hydrogens (tertiary/aromatic N) is 1. The fourth-order valence-corrected chi connectivity index (χ4v) is 2.68. The number of benzene rings is 1. The summed E-state index contributed by atoms with van der Waals surface area (Å²) in [6.45, 7) is 5.73. The molecule has 2 atom stereocenters. The second-order valence-electron chi connectivity index (χ2n) is 5.25. The fraction of sp³-hybridized carbons (Fsp3) is 0.533. The Bertz CT molecular complexity index is 432. The molecule has 0 N–H and O–H groups in total. The molecule has 1 aromatic carbocycles. The summed E-state index contributed by atoms with van der Waals surface area (Å²) in [4.78, 5) is 14.2. The van der Waals surface area contributed by atoms with E-state index in [1.54, 1.807) is 0 Å². The Morgan fingerprint density at radius 1 is 1.42 bits per heavy atom. The van der Waals surface area contributed by atoms with Gasteiger partial charge in [-0.1, -0.05) is 22.9 Å². The zero-order chi connectivity index (χ0) is 13.8. The highest BCUT2D eigenvalue weighted by Gasteiger charge is 2.25. The Morgan fingerprint density at radius 3 is 2.74 bits per heavy atom. The van der Waals surface area contributed by atoms with Crippen molar-refractivity contribution in [3.05, 3.63) is 28.7 Å². The van der Waals surface area contributed by atoms with Crippen molar-refractivity contribution in [2.75, 3.05) is 13.1 Å². The zero-order valence-corrected chi connectivity index (χ0v) is 13.0. The number of carbonyl (C=O) groups is 1. The van der Waals surface area contributed by atoms with Crippen LogP contribution in [0.4, 0.5) is 0 Å². The van der Waals surface area contributed by atoms with Crippen LogP contribution in [0.5, 0.6) is 5.75 Å². The number of hydrogen-bond acceptors (Lipinski definition) is 2. The Hall–Kier alpha value is -1.03. The van der Waals surface area contributed by atoms with Gasteiger partial charge in [-0.15, -0.1) is 0 Å². The van der Waals surface area contributed by atoms with Gasteiger partial charge in [0.05, 0.1) is 0 Å². The lowest BCUT2D eigenvalue weighted by Gasteiger charge is -2.32. The number of hydrogen-bond donors (Lipinski definition) is 0. The second kappa shape index (κ2) is 6.42. The third-order valence-corrected chi connectivity index (χ3v) is 3.97. The summed E-state index contributed by atoms with van der Waals surface area (Å²) in [5, 5.41) is 0. The minimum Gasteiger partial charge on any atom is -0.481 e. The molecule has 0 spiro atoms. The van der Waals surface area contributed by atoms with E-state index in [4.69, 9.17) is 4.74 Å². The van der Waals surface area contributed by atoms with E-state index in [9.17, 15) is 4.79 Å². The van der Waals surface area contributed by atoms with Gasteiger partial charge in [0.25, 0.3) is 5.91 Å². The Labute approximate surface area is 123 Å². The first-order valence-corrected chi connectivity index (χ1v) is 7.56. The van der Waals surface area contributed by atoms with Gasteiger partial charge in [0, 0.05) is 17.6 Å². The predicted molar refractivity (Wildman–Crippen MR) is 79.2 cm³/mol. The van der Waals surface area contributed by atoms with Gasteiger partial charge in [-0.25, -0.2) is 0 Å². The summed E-state index contributed by atoms with van der Waals surface area (Å²) in [5.74, 6) is 1.42. The molecule has 19 heavy (non-hydrogen) atoms. The van der Waals surface area contributed by atoms with Crippen LogP contribution >= 0.6 is 15.9 Å². The summed E-state index contributed by atoms with van der Waals surface area (Å²) < 4.78 is 6.71. The molecule has 1 heterocycles. The topological polar surface area (TPSA) is 29.5 Å². The monoisotopic (exact) mass is 325 g/mol. The van der Waals surface area contributed by atoms with Crippen LogP contribution in [0.1, 0.15) is 26.7 Å². The summed E-state index contributed by atoms with van der Waals surface area (Å²) >= 11 is 3.38. The zero-order valence-electron chi connectivity index (χ0n) is 11.4. The van der Waals surface area contributed by atoms with Crippen LogP contribution < -0.4 is 4.74 Å². The van der Waals surface area contributed by atoms with Crippen molar-refractivity contribution in [2.24, 2.45) is 5.92 Å². The summed E-state index contributed by atoms with van der Waals surface area (Å²) in [6.07, 6.45) is 1.88. The van der Waals surface area contributed by atoms with Gasteiger partial charge < -0.3 is 9.64 Å². The number of ether oxygens (including phenoxy) is 1. The van der Waals surface area contributed by atoms with Gasteiger partial charge in [0.1, 0.15) is 5.75 Å². The third kappa shape index (κ3) is 3.96. The molecular formula is C15H20BrNO2. The Balaban J connectivity index is 1.93.